The van der Waals surface area contributed by atoms with Crippen molar-refractivity contribution in [3.63, 3.8) is 0 Å². The number of hydroxylamine groups is 1. The number of nitrogens with zero attached hydrogens (tertiary/aromatic N) is 3. The van der Waals surface area contributed by atoms with Gasteiger partial charge in [0.25, 0.3) is 0 Å². The first-order chi connectivity index (χ1) is 9.65. The molecule has 0 unspecified atom stereocenters. The highest BCUT2D eigenvalue weighted by Gasteiger charge is 2.16. The van der Waals surface area contributed by atoms with E-state index < -0.39 is 5.82 Å². The molecule has 10 heteroatoms. The molecule has 0 aliphatic rings. The number of carbonyl (C=O) groups is 1. The maximum Gasteiger partial charge on any atom is 0.212 e. The van der Waals surface area contributed by atoms with Crippen molar-refractivity contribution in [1.82, 2.24) is 15.8 Å². The van der Waals surface area contributed by atoms with E-state index in [-0.39, 0.29) is 21.8 Å². The maximum atomic E-state index is 13.1. The second kappa shape index (κ2) is 6.21. The Morgan fingerprint density at radius 3 is 2.95 bits per heavy atom. The van der Waals surface area contributed by atoms with Gasteiger partial charge in [0.1, 0.15) is 5.82 Å². The smallest absolute Gasteiger partial charge is 0.212 e. The number of amides is 1. The molecule has 1 heterocycles. The van der Waals surface area contributed by atoms with Crippen LogP contribution in [0.25, 0.3) is 0 Å². The Kier molecular flexibility index (Phi) is 4.38. The first-order valence-corrected chi connectivity index (χ1v) is 5.92. The lowest BCUT2D eigenvalue weighted by atomic mass is 10.3. The van der Waals surface area contributed by atoms with Gasteiger partial charge in [-0.05, 0) is 44.4 Å². The van der Waals surface area contributed by atoms with E-state index in [0.29, 0.717) is 12.1 Å². The van der Waals surface area contributed by atoms with Crippen LogP contribution in [0.1, 0.15) is 5.69 Å². The lowest BCUT2D eigenvalue weighted by molar-refractivity contribution is -0.105. The van der Waals surface area contributed by atoms with E-state index in [4.69, 9.17) is 5.21 Å². The van der Waals surface area contributed by atoms with Gasteiger partial charge in [0, 0.05) is 0 Å². The predicted octanol–water partition coefficient (Wildman–Crippen LogP) is 1.60. The van der Waals surface area contributed by atoms with Crippen LogP contribution in [0.2, 0.25) is 0 Å². The van der Waals surface area contributed by atoms with E-state index in [0.717, 1.165) is 0 Å². The second-order valence-electron chi connectivity index (χ2n) is 3.39. The monoisotopic (exact) mass is 343 g/mol. The number of hydrogen-bond acceptors (Lipinski definition) is 6. The molecule has 3 N–H and O–H groups in total. The third-order valence-corrected chi connectivity index (χ3v) is 2.77. The van der Waals surface area contributed by atoms with Crippen molar-refractivity contribution in [2.45, 2.75) is 0 Å². The van der Waals surface area contributed by atoms with Gasteiger partial charge < -0.3 is 5.32 Å². The van der Waals surface area contributed by atoms with Crippen LogP contribution in [0, 0.1) is 5.82 Å². The number of anilines is 1. The number of benzene rings is 1. The number of aromatic nitrogens is 2. The Morgan fingerprint density at radius 1 is 1.50 bits per heavy atom. The minimum atomic E-state index is -0.450. The first kappa shape index (κ1) is 14.1. The summed E-state index contributed by atoms with van der Waals surface area (Å²) < 4.78 is 17.8. The van der Waals surface area contributed by atoms with Crippen LogP contribution in [0.15, 0.2) is 32.3 Å². The summed E-state index contributed by atoms with van der Waals surface area (Å²) in [7, 11) is 0. The summed E-state index contributed by atoms with van der Waals surface area (Å²) in [5.74, 6) is -0.607. The Balaban J connectivity index is 2.40. The highest BCUT2D eigenvalue weighted by molar-refractivity contribution is 9.10. The molecule has 20 heavy (non-hydrogen) atoms. The van der Waals surface area contributed by atoms with E-state index in [2.05, 4.69) is 41.2 Å². The molecule has 1 aromatic carbocycles. The lowest BCUT2D eigenvalue weighted by Gasteiger charge is -2.03. The van der Waals surface area contributed by atoms with Crippen molar-refractivity contribution in [2.24, 2.45) is 4.99 Å². The van der Waals surface area contributed by atoms with Crippen LogP contribution >= 0.6 is 15.9 Å². The predicted molar refractivity (Wildman–Crippen MR) is 69.2 cm³/mol. The van der Waals surface area contributed by atoms with E-state index in [9.17, 15) is 9.18 Å². The highest BCUT2D eigenvalue weighted by Crippen LogP contribution is 2.23. The number of nitrogens with one attached hydrogen (secondary N) is 2. The molecular formula is C10H7BrFN5O3. The summed E-state index contributed by atoms with van der Waals surface area (Å²) in [6, 6.07) is 3.98. The highest BCUT2D eigenvalue weighted by atomic mass is 79.9. The van der Waals surface area contributed by atoms with Crippen LogP contribution in [0.4, 0.5) is 15.9 Å². The van der Waals surface area contributed by atoms with Gasteiger partial charge in [-0.2, -0.15) is 0 Å². The Morgan fingerprint density at radius 2 is 2.30 bits per heavy atom. The summed E-state index contributed by atoms with van der Waals surface area (Å²) in [6.45, 7) is 0. The molecule has 0 bridgehead atoms. The van der Waals surface area contributed by atoms with Crippen LogP contribution < -0.4 is 10.8 Å². The SMILES string of the molecule is O=CNc1nonc1C(=Nc1ccc(F)c(Br)c1)NO. The molecule has 2 aromatic rings. The largest absolute Gasteiger partial charge is 0.308 e. The van der Waals surface area contributed by atoms with Gasteiger partial charge in [0.15, 0.2) is 11.5 Å². The van der Waals surface area contributed by atoms with Gasteiger partial charge in [-0.15, -0.1) is 0 Å². The standard InChI is InChI=1S/C10H7BrFN5O3/c11-6-3-5(1-2-7(6)12)14-10(15-19)8-9(13-4-18)17-20-16-8/h1-4,19H,(H,14,15)(H,13,17,18). The Labute approximate surface area is 119 Å². The summed E-state index contributed by atoms with van der Waals surface area (Å²) >= 11 is 3.01. The lowest BCUT2D eigenvalue weighted by Crippen LogP contribution is -2.21. The summed E-state index contributed by atoms with van der Waals surface area (Å²) in [5, 5.41) is 18.2. The summed E-state index contributed by atoms with van der Waals surface area (Å²) in [6.07, 6.45) is 0.368. The van der Waals surface area contributed by atoms with Crippen molar-refractivity contribution in [2.75, 3.05) is 5.32 Å². The second-order valence-corrected chi connectivity index (χ2v) is 4.25. The molecule has 0 aliphatic carbocycles. The zero-order chi connectivity index (χ0) is 14.5. The Hall–Kier alpha value is -2.33. The normalized spacial score (nSPS) is 11.2. The fourth-order valence-electron chi connectivity index (χ4n) is 1.31. The average Bonchev–Trinajstić information content (AvgIpc) is 2.88. The molecule has 0 saturated heterocycles. The topological polar surface area (TPSA) is 113 Å². The molecule has 2 rings (SSSR count). The minimum Gasteiger partial charge on any atom is -0.308 e. The van der Waals surface area contributed by atoms with E-state index >= 15 is 0 Å². The third-order valence-electron chi connectivity index (χ3n) is 2.16. The molecule has 0 aliphatic heterocycles. The van der Waals surface area contributed by atoms with Crippen molar-refractivity contribution in [1.29, 1.82) is 0 Å². The van der Waals surface area contributed by atoms with Crippen LogP contribution in [0.3, 0.4) is 0 Å². The van der Waals surface area contributed by atoms with E-state index in [1.54, 1.807) is 0 Å². The fourth-order valence-corrected chi connectivity index (χ4v) is 1.68. The van der Waals surface area contributed by atoms with E-state index in [1.807, 2.05) is 5.48 Å². The zero-order valence-corrected chi connectivity index (χ0v) is 11.3. The van der Waals surface area contributed by atoms with Gasteiger partial charge in [0.2, 0.25) is 12.2 Å². The summed E-state index contributed by atoms with van der Waals surface area (Å²) in [5.41, 5.74) is 2.12. The Bertz CT molecular complexity index is 660. The van der Waals surface area contributed by atoms with Gasteiger partial charge in [0.05, 0.1) is 10.2 Å². The molecule has 0 saturated carbocycles. The third kappa shape index (κ3) is 2.97. The average molecular weight is 344 g/mol. The number of amidine groups is 1. The molecule has 1 aromatic heterocycles. The zero-order valence-electron chi connectivity index (χ0n) is 9.67. The van der Waals surface area contributed by atoms with Gasteiger partial charge >= 0.3 is 0 Å². The number of halogens is 2. The molecule has 0 radical (unpaired) electrons. The molecule has 0 atom stereocenters. The number of rotatable bonds is 4. The number of aliphatic imine (C=N–C) groups is 1. The molecule has 0 spiro atoms. The van der Waals surface area contributed by atoms with Crippen LogP contribution in [0.5, 0.6) is 0 Å². The van der Waals surface area contributed by atoms with Gasteiger partial charge in [-0.3, -0.25) is 15.5 Å². The molecule has 8 nitrogen and oxygen atoms in total. The number of carbonyl (C=O) groups excluding carboxylic acids is 1. The molecule has 104 valence electrons. The van der Waals surface area contributed by atoms with Crippen molar-refractivity contribution >= 4 is 39.7 Å². The van der Waals surface area contributed by atoms with Crippen molar-refractivity contribution < 1.29 is 19.0 Å². The molecule has 0 fully saturated rings. The van der Waals surface area contributed by atoms with Crippen LogP contribution in [-0.4, -0.2) is 27.8 Å². The van der Waals surface area contributed by atoms with E-state index in [1.165, 1.54) is 18.2 Å². The first-order valence-electron chi connectivity index (χ1n) is 5.12. The fraction of sp³-hybridized carbons (Fsp3) is 0. The van der Waals surface area contributed by atoms with Gasteiger partial charge in [-0.1, -0.05) is 0 Å². The summed E-state index contributed by atoms with van der Waals surface area (Å²) in [4.78, 5) is 14.4. The van der Waals surface area contributed by atoms with Crippen LogP contribution in [-0.2, 0) is 4.79 Å². The van der Waals surface area contributed by atoms with Gasteiger partial charge in [-0.25, -0.2) is 14.0 Å². The quantitative estimate of drug-likeness (QED) is 0.336. The minimum absolute atomic E-state index is 0.0138. The van der Waals surface area contributed by atoms with Crippen molar-refractivity contribution in [3.8, 4) is 0 Å². The molecular weight excluding hydrogens is 337 g/mol. The maximum absolute atomic E-state index is 13.1. The number of hydrogen-bond donors (Lipinski definition) is 3. The molecule has 1 amide bonds. The van der Waals surface area contributed by atoms with Crippen molar-refractivity contribution in [3.05, 3.63) is 34.2 Å².